The monoisotopic (exact) mass is 298 g/mol. The number of hydrogen-bond donors (Lipinski definition) is 1. The number of likely N-dealkylation sites (tertiary alicyclic amines) is 1. The highest BCUT2D eigenvalue weighted by Gasteiger charge is 2.32. The van der Waals surface area contributed by atoms with Gasteiger partial charge in [-0.2, -0.15) is 0 Å². The molecule has 20 heavy (non-hydrogen) atoms. The lowest BCUT2D eigenvalue weighted by atomic mass is 10.2. The van der Waals surface area contributed by atoms with Gasteiger partial charge < -0.3 is 9.64 Å². The van der Waals surface area contributed by atoms with Crippen LogP contribution in [0.25, 0.3) is 0 Å². The summed E-state index contributed by atoms with van der Waals surface area (Å²) in [5.74, 6) is -0.215. The number of nitrogens with zero attached hydrogens (tertiary/aromatic N) is 1. The summed E-state index contributed by atoms with van der Waals surface area (Å²) in [4.78, 5) is 13.4. The Bertz CT molecular complexity index is 559. The van der Waals surface area contributed by atoms with Gasteiger partial charge in [0.1, 0.15) is 6.61 Å². The van der Waals surface area contributed by atoms with Crippen LogP contribution in [0.3, 0.4) is 0 Å². The Kier molecular flexibility index (Phi) is 4.61. The van der Waals surface area contributed by atoms with Gasteiger partial charge in [-0.15, -0.1) is 0 Å². The Hall–Kier alpha value is -1.60. The number of hydrogen-bond acceptors (Lipinski definition) is 4. The van der Waals surface area contributed by atoms with Crippen LogP contribution in [0.4, 0.5) is 4.79 Å². The zero-order valence-electron chi connectivity index (χ0n) is 11.1. The smallest absolute Gasteiger partial charge is 0.410 e. The van der Waals surface area contributed by atoms with Gasteiger partial charge in [-0.05, 0) is 18.4 Å². The van der Waals surface area contributed by atoms with Crippen LogP contribution in [-0.4, -0.2) is 37.8 Å². The molecule has 1 aliphatic rings. The molecule has 1 aromatic rings. The summed E-state index contributed by atoms with van der Waals surface area (Å²) in [5, 5.41) is 5.04. The van der Waals surface area contributed by atoms with Crippen molar-refractivity contribution in [3.63, 3.8) is 0 Å². The molecule has 0 spiro atoms. The molecule has 0 unspecified atom stereocenters. The summed E-state index contributed by atoms with van der Waals surface area (Å²) in [6, 6.07) is 8.95. The first kappa shape index (κ1) is 14.8. The van der Waals surface area contributed by atoms with Crippen LogP contribution in [0.15, 0.2) is 30.3 Å². The van der Waals surface area contributed by atoms with E-state index in [4.69, 9.17) is 9.88 Å². The van der Waals surface area contributed by atoms with E-state index < -0.39 is 16.1 Å². The molecule has 1 heterocycles. The van der Waals surface area contributed by atoms with E-state index in [1.807, 2.05) is 30.3 Å². The van der Waals surface area contributed by atoms with Gasteiger partial charge in [0.25, 0.3) is 0 Å². The van der Waals surface area contributed by atoms with Crippen molar-refractivity contribution >= 4 is 16.1 Å². The van der Waals surface area contributed by atoms with Gasteiger partial charge >= 0.3 is 6.09 Å². The third-order valence-corrected chi connectivity index (χ3v) is 4.09. The lowest BCUT2D eigenvalue weighted by molar-refractivity contribution is 0.0948. The van der Waals surface area contributed by atoms with E-state index in [0.29, 0.717) is 13.0 Å². The van der Waals surface area contributed by atoms with E-state index >= 15 is 0 Å². The van der Waals surface area contributed by atoms with Crippen LogP contribution in [0.2, 0.25) is 0 Å². The average Bonchev–Trinajstić information content (AvgIpc) is 2.83. The number of amides is 1. The van der Waals surface area contributed by atoms with E-state index in [-0.39, 0.29) is 18.4 Å². The third kappa shape index (κ3) is 4.21. The maximum atomic E-state index is 12.0. The number of sulfonamides is 1. The molecule has 1 aromatic carbocycles. The molecule has 0 radical (unpaired) electrons. The first-order chi connectivity index (χ1) is 9.46. The van der Waals surface area contributed by atoms with Crippen molar-refractivity contribution in [3.05, 3.63) is 35.9 Å². The lowest BCUT2D eigenvalue weighted by Gasteiger charge is -2.23. The zero-order valence-corrected chi connectivity index (χ0v) is 11.9. The number of carbonyl (C=O) groups is 1. The molecule has 1 aliphatic heterocycles. The molecule has 110 valence electrons. The minimum atomic E-state index is -3.59. The standard InChI is InChI=1S/C13H18N2O4S/c14-20(17,18)10-12-7-4-8-15(12)13(16)19-9-11-5-2-1-3-6-11/h1-3,5-6,12H,4,7-10H2,(H2,14,17,18)/t12-/m1/s1. The van der Waals surface area contributed by atoms with Gasteiger partial charge in [0.05, 0.1) is 11.8 Å². The highest BCUT2D eigenvalue weighted by atomic mass is 32.2. The molecular formula is C13H18N2O4S. The summed E-state index contributed by atoms with van der Waals surface area (Å²) in [7, 11) is -3.59. The second-order valence-electron chi connectivity index (χ2n) is 4.86. The van der Waals surface area contributed by atoms with Crippen LogP contribution in [0.5, 0.6) is 0 Å². The minimum Gasteiger partial charge on any atom is -0.445 e. The van der Waals surface area contributed by atoms with Gasteiger partial charge in [-0.3, -0.25) is 0 Å². The van der Waals surface area contributed by atoms with E-state index in [2.05, 4.69) is 0 Å². The zero-order chi connectivity index (χ0) is 14.6. The molecule has 0 saturated carbocycles. The lowest BCUT2D eigenvalue weighted by Crippen LogP contribution is -2.41. The summed E-state index contributed by atoms with van der Waals surface area (Å²) >= 11 is 0. The summed E-state index contributed by atoms with van der Waals surface area (Å²) < 4.78 is 27.5. The molecule has 0 bridgehead atoms. The van der Waals surface area contributed by atoms with Crippen molar-refractivity contribution in [2.45, 2.75) is 25.5 Å². The maximum Gasteiger partial charge on any atom is 0.410 e. The van der Waals surface area contributed by atoms with E-state index in [1.54, 1.807) is 0 Å². The average molecular weight is 298 g/mol. The van der Waals surface area contributed by atoms with Crippen molar-refractivity contribution in [1.29, 1.82) is 0 Å². The number of ether oxygens (including phenoxy) is 1. The fourth-order valence-corrected chi connectivity index (χ4v) is 3.20. The Morgan fingerprint density at radius 1 is 1.35 bits per heavy atom. The van der Waals surface area contributed by atoms with Gasteiger partial charge in [0, 0.05) is 6.54 Å². The second-order valence-corrected chi connectivity index (χ2v) is 6.52. The quantitative estimate of drug-likeness (QED) is 0.900. The third-order valence-electron chi connectivity index (χ3n) is 3.24. The van der Waals surface area contributed by atoms with Crippen molar-refractivity contribution < 1.29 is 17.9 Å². The predicted molar refractivity (Wildman–Crippen MR) is 74.3 cm³/mol. The van der Waals surface area contributed by atoms with Crippen LogP contribution in [-0.2, 0) is 21.4 Å². The van der Waals surface area contributed by atoms with Crippen molar-refractivity contribution in [2.75, 3.05) is 12.3 Å². The molecule has 1 amide bonds. The first-order valence-electron chi connectivity index (χ1n) is 6.43. The maximum absolute atomic E-state index is 12.0. The summed E-state index contributed by atoms with van der Waals surface area (Å²) in [6.07, 6.45) is 0.914. The van der Waals surface area contributed by atoms with Crippen molar-refractivity contribution in [3.8, 4) is 0 Å². The molecule has 0 aromatic heterocycles. The molecule has 1 atom stereocenters. The highest BCUT2D eigenvalue weighted by Crippen LogP contribution is 2.19. The van der Waals surface area contributed by atoms with E-state index in [9.17, 15) is 13.2 Å². The van der Waals surface area contributed by atoms with Crippen LogP contribution < -0.4 is 5.14 Å². The predicted octanol–water partition coefficient (Wildman–Crippen LogP) is 1.08. The Morgan fingerprint density at radius 3 is 2.70 bits per heavy atom. The Morgan fingerprint density at radius 2 is 2.05 bits per heavy atom. The van der Waals surface area contributed by atoms with Crippen LogP contribution >= 0.6 is 0 Å². The largest absolute Gasteiger partial charge is 0.445 e. The normalized spacial score (nSPS) is 19.1. The van der Waals surface area contributed by atoms with E-state index in [1.165, 1.54) is 4.90 Å². The van der Waals surface area contributed by atoms with Crippen LogP contribution in [0.1, 0.15) is 18.4 Å². The molecule has 2 rings (SSSR count). The van der Waals surface area contributed by atoms with Gasteiger partial charge in [0.2, 0.25) is 10.0 Å². The molecule has 0 aliphatic carbocycles. The van der Waals surface area contributed by atoms with Crippen molar-refractivity contribution in [2.24, 2.45) is 5.14 Å². The van der Waals surface area contributed by atoms with Gasteiger partial charge in [-0.25, -0.2) is 18.4 Å². The van der Waals surface area contributed by atoms with Gasteiger partial charge in [-0.1, -0.05) is 30.3 Å². The summed E-state index contributed by atoms with van der Waals surface area (Å²) in [5.41, 5.74) is 0.892. The molecular weight excluding hydrogens is 280 g/mol. The number of primary sulfonamides is 1. The molecule has 2 N–H and O–H groups in total. The Labute approximate surface area is 118 Å². The summed E-state index contributed by atoms with van der Waals surface area (Å²) in [6.45, 7) is 0.687. The molecule has 6 nitrogen and oxygen atoms in total. The second kappa shape index (κ2) is 6.23. The fraction of sp³-hybridized carbons (Fsp3) is 0.462. The van der Waals surface area contributed by atoms with Crippen molar-refractivity contribution in [1.82, 2.24) is 4.90 Å². The van der Waals surface area contributed by atoms with Gasteiger partial charge in [0.15, 0.2) is 0 Å². The molecule has 1 saturated heterocycles. The number of benzene rings is 1. The van der Waals surface area contributed by atoms with Crippen LogP contribution in [0, 0.1) is 0 Å². The molecule has 1 fully saturated rings. The fourth-order valence-electron chi connectivity index (χ4n) is 2.32. The number of rotatable bonds is 4. The Balaban J connectivity index is 1.91. The SMILES string of the molecule is NS(=O)(=O)C[C@H]1CCCN1C(=O)OCc1ccccc1. The van der Waals surface area contributed by atoms with E-state index in [0.717, 1.165) is 12.0 Å². The highest BCUT2D eigenvalue weighted by molar-refractivity contribution is 7.89. The number of nitrogens with two attached hydrogens (primary N) is 1. The number of carbonyl (C=O) groups excluding carboxylic acids is 1. The molecule has 7 heteroatoms. The first-order valence-corrected chi connectivity index (χ1v) is 8.15. The topological polar surface area (TPSA) is 89.7 Å². The minimum absolute atomic E-state index is 0.179.